The van der Waals surface area contributed by atoms with Gasteiger partial charge in [0, 0.05) is 13.1 Å². The lowest BCUT2D eigenvalue weighted by Crippen LogP contribution is -2.41. The number of amides is 3. The number of hydrogen-bond acceptors (Lipinski definition) is 6. The van der Waals surface area contributed by atoms with Gasteiger partial charge in [-0.05, 0) is 37.4 Å². The molecule has 0 bridgehead atoms. The minimum atomic E-state index is -1.05. The van der Waals surface area contributed by atoms with Crippen molar-refractivity contribution in [2.75, 3.05) is 13.1 Å². The lowest BCUT2D eigenvalue weighted by atomic mass is 10.1. The third-order valence-corrected chi connectivity index (χ3v) is 4.73. The fourth-order valence-electron chi connectivity index (χ4n) is 2.51. The molecule has 7 nitrogen and oxygen atoms in total. The summed E-state index contributed by atoms with van der Waals surface area (Å²) in [4.78, 5) is 42.5. The third kappa shape index (κ3) is 3.53. The molecule has 1 N–H and O–H groups in total. The highest BCUT2D eigenvalue weighted by molar-refractivity contribution is 7.13. The van der Waals surface area contributed by atoms with E-state index in [1.807, 2.05) is 17.5 Å². The van der Waals surface area contributed by atoms with Crippen LogP contribution in [0.4, 0.5) is 4.79 Å². The van der Waals surface area contributed by atoms with E-state index < -0.39 is 24.0 Å². The number of ether oxygens (including phenoxy) is 1. The van der Waals surface area contributed by atoms with Crippen molar-refractivity contribution in [3.63, 3.8) is 0 Å². The predicted molar refractivity (Wildman–Crippen MR) is 92.3 cm³/mol. The van der Waals surface area contributed by atoms with Crippen LogP contribution in [0.1, 0.15) is 23.0 Å². The molecule has 1 atom stereocenters. The van der Waals surface area contributed by atoms with Gasteiger partial charge in [-0.25, -0.2) is 9.59 Å². The molecule has 2 aromatic rings. The average Bonchev–Trinajstić information content (AvgIpc) is 3.25. The summed E-state index contributed by atoms with van der Waals surface area (Å²) in [6.07, 6.45) is -1.05. The van der Waals surface area contributed by atoms with Gasteiger partial charge in [0.15, 0.2) is 6.10 Å². The molecule has 3 rings (SSSR count). The summed E-state index contributed by atoms with van der Waals surface area (Å²) in [5.74, 6) is -1.17. The van der Waals surface area contributed by atoms with E-state index in [9.17, 15) is 14.4 Å². The summed E-state index contributed by atoms with van der Waals surface area (Å²) < 4.78 is 5.22. The van der Waals surface area contributed by atoms with Gasteiger partial charge in [0.1, 0.15) is 0 Å². The number of aryl methyl sites for hydroxylation is 1. The first-order valence-electron chi connectivity index (χ1n) is 7.79. The van der Waals surface area contributed by atoms with Crippen LogP contribution in [0.15, 0.2) is 29.6 Å². The Hall–Kier alpha value is -2.74. The molecule has 2 aromatic heterocycles. The summed E-state index contributed by atoms with van der Waals surface area (Å²) in [5.41, 5.74) is 1.60. The van der Waals surface area contributed by atoms with E-state index in [4.69, 9.17) is 4.74 Å². The van der Waals surface area contributed by atoms with E-state index >= 15 is 0 Å². The quantitative estimate of drug-likeness (QED) is 0.846. The van der Waals surface area contributed by atoms with Crippen LogP contribution in [0.3, 0.4) is 0 Å². The van der Waals surface area contributed by atoms with Gasteiger partial charge in [0.25, 0.3) is 5.91 Å². The zero-order valence-electron chi connectivity index (χ0n) is 13.8. The monoisotopic (exact) mass is 359 g/mol. The lowest BCUT2D eigenvalue weighted by Gasteiger charge is -2.18. The second kappa shape index (κ2) is 7.02. The highest BCUT2D eigenvalue weighted by Gasteiger charge is 2.32. The maximum absolute atomic E-state index is 12.3. The first-order valence-corrected chi connectivity index (χ1v) is 8.67. The molecule has 0 radical (unpaired) electrons. The number of nitrogens with one attached hydrogen (secondary N) is 1. The number of thiophene rings is 1. The molecular formula is C17H17N3O4S. The smallest absolute Gasteiger partial charge is 0.340 e. The molecule has 1 aliphatic heterocycles. The van der Waals surface area contributed by atoms with Crippen LogP contribution in [0.25, 0.3) is 10.6 Å². The van der Waals surface area contributed by atoms with Crippen LogP contribution < -0.4 is 5.32 Å². The minimum absolute atomic E-state index is 0.273. The largest absolute Gasteiger partial charge is 0.449 e. The normalized spacial score (nSPS) is 15.0. The number of esters is 1. The van der Waals surface area contributed by atoms with Crippen LogP contribution >= 0.6 is 11.3 Å². The molecule has 1 unspecified atom stereocenters. The van der Waals surface area contributed by atoms with Crippen molar-refractivity contribution in [1.82, 2.24) is 15.2 Å². The van der Waals surface area contributed by atoms with E-state index in [0.717, 1.165) is 15.5 Å². The van der Waals surface area contributed by atoms with E-state index in [2.05, 4.69) is 10.3 Å². The molecule has 3 heterocycles. The van der Waals surface area contributed by atoms with Crippen molar-refractivity contribution in [3.05, 3.63) is 40.9 Å². The predicted octanol–water partition coefficient (Wildman–Crippen LogP) is 2.22. The first kappa shape index (κ1) is 17.1. The van der Waals surface area contributed by atoms with Crippen molar-refractivity contribution in [2.24, 2.45) is 0 Å². The van der Waals surface area contributed by atoms with Crippen LogP contribution in [0.2, 0.25) is 0 Å². The fraction of sp³-hybridized carbons (Fsp3) is 0.294. The molecule has 8 heteroatoms. The van der Waals surface area contributed by atoms with E-state index in [1.165, 1.54) is 6.92 Å². The SMILES string of the molecule is Cc1nc(-c2cccs2)ccc1C(=O)OC(C)C(=O)N1CCNC1=O. The van der Waals surface area contributed by atoms with Gasteiger partial charge in [-0.1, -0.05) is 6.07 Å². The lowest BCUT2D eigenvalue weighted by molar-refractivity contribution is -0.136. The number of imide groups is 1. The van der Waals surface area contributed by atoms with Crippen LogP contribution in [-0.2, 0) is 9.53 Å². The molecule has 0 spiro atoms. The molecule has 1 fully saturated rings. The maximum atomic E-state index is 12.3. The van der Waals surface area contributed by atoms with Gasteiger partial charge in [-0.3, -0.25) is 14.7 Å². The Balaban J connectivity index is 1.70. The molecule has 3 amide bonds. The summed E-state index contributed by atoms with van der Waals surface area (Å²) in [5, 5.41) is 4.49. The number of rotatable bonds is 4. The summed E-state index contributed by atoms with van der Waals surface area (Å²) >= 11 is 1.56. The zero-order chi connectivity index (χ0) is 18.0. The molecule has 1 saturated heterocycles. The van der Waals surface area contributed by atoms with Crippen molar-refractivity contribution in [3.8, 4) is 10.6 Å². The summed E-state index contributed by atoms with van der Waals surface area (Å²) in [6, 6.07) is 6.80. The molecule has 130 valence electrons. The average molecular weight is 359 g/mol. The Morgan fingerprint density at radius 2 is 2.16 bits per heavy atom. The number of carbonyl (C=O) groups is 3. The van der Waals surface area contributed by atoms with Crippen molar-refractivity contribution < 1.29 is 19.1 Å². The van der Waals surface area contributed by atoms with E-state index in [-0.39, 0.29) is 6.54 Å². The highest BCUT2D eigenvalue weighted by Crippen LogP contribution is 2.24. The molecule has 1 aliphatic rings. The molecule has 25 heavy (non-hydrogen) atoms. The first-order chi connectivity index (χ1) is 12.0. The number of nitrogens with zero attached hydrogens (tertiary/aromatic N) is 2. The van der Waals surface area contributed by atoms with E-state index in [1.54, 1.807) is 30.4 Å². The topological polar surface area (TPSA) is 88.6 Å². The number of hydrogen-bond donors (Lipinski definition) is 1. The number of carbonyl (C=O) groups excluding carboxylic acids is 3. The number of pyridine rings is 1. The molecule has 0 aliphatic carbocycles. The van der Waals surface area contributed by atoms with E-state index in [0.29, 0.717) is 17.8 Å². The second-order valence-corrected chi connectivity index (χ2v) is 6.52. The molecule has 0 aromatic carbocycles. The van der Waals surface area contributed by atoms with Crippen molar-refractivity contribution in [2.45, 2.75) is 20.0 Å². The Kier molecular flexibility index (Phi) is 4.80. The Labute approximate surface area is 148 Å². The number of urea groups is 1. The third-order valence-electron chi connectivity index (χ3n) is 3.83. The van der Waals surface area contributed by atoms with Crippen LogP contribution in [0.5, 0.6) is 0 Å². The minimum Gasteiger partial charge on any atom is -0.449 e. The van der Waals surface area contributed by atoms with Gasteiger partial charge in [0.2, 0.25) is 0 Å². The highest BCUT2D eigenvalue weighted by atomic mass is 32.1. The fourth-order valence-corrected chi connectivity index (χ4v) is 3.21. The van der Waals surface area contributed by atoms with Crippen molar-refractivity contribution in [1.29, 1.82) is 0 Å². The Morgan fingerprint density at radius 1 is 1.36 bits per heavy atom. The number of aromatic nitrogens is 1. The van der Waals surface area contributed by atoms with Gasteiger partial charge in [-0.2, -0.15) is 0 Å². The van der Waals surface area contributed by atoms with Gasteiger partial charge < -0.3 is 10.1 Å². The van der Waals surface area contributed by atoms with Gasteiger partial charge >= 0.3 is 12.0 Å². The summed E-state index contributed by atoms with van der Waals surface area (Å²) in [7, 11) is 0. The summed E-state index contributed by atoms with van der Waals surface area (Å²) in [6.45, 7) is 3.84. The second-order valence-electron chi connectivity index (χ2n) is 5.58. The van der Waals surface area contributed by atoms with Crippen LogP contribution in [0, 0.1) is 6.92 Å². The van der Waals surface area contributed by atoms with Crippen molar-refractivity contribution >= 4 is 29.2 Å². The Bertz CT molecular complexity index is 819. The molecular weight excluding hydrogens is 342 g/mol. The Morgan fingerprint density at radius 3 is 2.76 bits per heavy atom. The standard InChI is InChI=1S/C17H17N3O4S/c1-10-12(5-6-13(19-10)14-4-3-9-25-14)16(22)24-11(2)15(21)20-8-7-18-17(20)23/h3-6,9,11H,7-8H2,1-2H3,(H,18,23). The van der Waals surface area contributed by atoms with Gasteiger partial charge in [-0.15, -0.1) is 11.3 Å². The van der Waals surface area contributed by atoms with Crippen LogP contribution in [-0.4, -0.2) is 47.0 Å². The maximum Gasteiger partial charge on any atom is 0.340 e. The van der Waals surface area contributed by atoms with Gasteiger partial charge in [0.05, 0.1) is 21.8 Å². The molecule has 0 saturated carbocycles. The zero-order valence-corrected chi connectivity index (χ0v) is 14.6.